The van der Waals surface area contributed by atoms with Crippen LogP contribution in [0.4, 0.5) is 14.5 Å². The number of anilines is 1. The van der Waals surface area contributed by atoms with Gasteiger partial charge >= 0.3 is 0 Å². The number of likely N-dealkylation sites (tertiary alicyclic amines) is 1. The van der Waals surface area contributed by atoms with Crippen molar-refractivity contribution in [2.45, 2.75) is 11.5 Å². The number of pyridine rings is 1. The van der Waals surface area contributed by atoms with Crippen LogP contribution >= 0.6 is 0 Å². The second-order valence-electron chi connectivity index (χ2n) is 8.03. The van der Waals surface area contributed by atoms with Gasteiger partial charge in [-0.2, -0.15) is 0 Å². The highest BCUT2D eigenvalue weighted by molar-refractivity contribution is 6.12. The van der Waals surface area contributed by atoms with Gasteiger partial charge in [0, 0.05) is 41.7 Å². The van der Waals surface area contributed by atoms with Gasteiger partial charge in [0.1, 0.15) is 17.2 Å². The number of hydrogen-bond acceptors (Lipinski definition) is 4. The Kier molecular flexibility index (Phi) is 4.44. The van der Waals surface area contributed by atoms with Gasteiger partial charge in [0.2, 0.25) is 5.91 Å². The minimum Gasteiger partial charge on any atom is -0.324 e. The summed E-state index contributed by atoms with van der Waals surface area (Å²) < 4.78 is 27.9. The van der Waals surface area contributed by atoms with Gasteiger partial charge in [0.15, 0.2) is 5.78 Å². The molecule has 2 aromatic carbocycles. The molecule has 5 nitrogen and oxygen atoms in total. The van der Waals surface area contributed by atoms with Crippen molar-refractivity contribution in [2.24, 2.45) is 5.92 Å². The fraction of sp³-hybridized carbons (Fsp3) is 0.208. The van der Waals surface area contributed by atoms with E-state index in [-0.39, 0.29) is 17.5 Å². The van der Waals surface area contributed by atoms with Crippen molar-refractivity contribution < 1.29 is 18.4 Å². The summed E-state index contributed by atoms with van der Waals surface area (Å²) >= 11 is 0. The van der Waals surface area contributed by atoms with Crippen LogP contribution in [0.15, 0.2) is 67.0 Å². The predicted molar refractivity (Wildman–Crippen MR) is 111 cm³/mol. The normalized spacial score (nSPS) is 24.9. The lowest BCUT2D eigenvalue weighted by Gasteiger charge is -2.35. The highest BCUT2D eigenvalue weighted by atomic mass is 19.1. The lowest BCUT2D eigenvalue weighted by Crippen LogP contribution is -2.51. The minimum absolute atomic E-state index is 0.265. The summed E-state index contributed by atoms with van der Waals surface area (Å²) in [5, 5.41) is 2.83. The van der Waals surface area contributed by atoms with Crippen LogP contribution in [0.1, 0.15) is 27.4 Å². The lowest BCUT2D eigenvalue weighted by molar-refractivity contribution is -0.126. The number of aromatic nitrogens is 1. The average Bonchev–Trinajstić information content (AvgIpc) is 3.24. The first-order valence-corrected chi connectivity index (χ1v) is 9.95. The highest BCUT2D eigenvalue weighted by Gasteiger charge is 2.64. The molecule has 3 atom stereocenters. The molecule has 7 heteroatoms. The molecule has 5 rings (SSSR count). The molecule has 31 heavy (non-hydrogen) atoms. The molecule has 1 aromatic heterocycles. The zero-order valence-corrected chi connectivity index (χ0v) is 16.7. The fourth-order valence-corrected chi connectivity index (χ4v) is 5.11. The molecule has 2 aliphatic rings. The maximum Gasteiger partial charge on any atom is 0.250 e. The Bertz CT molecular complexity index is 1180. The third-order valence-corrected chi connectivity index (χ3v) is 6.44. The molecule has 156 valence electrons. The summed E-state index contributed by atoms with van der Waals surface area (Å²) in [6.45, 7) is 0.367. The molecule has 1 amide bonds. The standard InChI is InChI=1S/C24H19F2N3O2/c1-29-13-18(14-4-6-16(25)7-5-14)21(22(30)15-3-2-10-27-12-15)24(29)19-11-17(26)8-9-20(19)28-23(24)31/h2-12,18,21H,13H2,1H3,(H,28,31)/t18-,21+,24+/m1/s1. The summed E-state index contributed by atoms with van der Waals surface area (Å²) in [4.78, 5) is 33.1. The topological polar surface area (TPSA) is 62.3 Å². The van der Waals surface area contributed by atoms with Gasteiger partial charge in [-0.25, -0.2) is 8.78 Å². The Morgan fingerprint density at radius 2 is 1.87 bits per heavy atom. The molecule has 1 saturated heterocycles. The van der Waals surface area contributed by atoms with Crippen LogP contribution in [-0.4, -0.2) is 35.2 Å². The fourth-order valence-electron chi connectivity index (χ4n) is 5.11. The first kappa shape index (κ1) is 19.5. The zero-order valence-electron chi connectivity index (χ0n) is 16.7. The first-order chi connectivity index (χ1) is 14.9. The minimum atomic E-state index is -1.39. The van der Waals surface area contributed by atoms with Crippen LogP contribution in [0.3, 0.4) is 0 Å². The monoisotopic (exact) mass is 419 g/mol. The number of likely N-dealkylation sites (N-methyl/N-ethyl adjacent to an activating group) is 1. The van der Waals surface area contributed by atoms with E-state index in [1.807, 2.05) is 0 Å². The number of fused-ring (bicyclic) bond motifs is 2. The summed E-state index contributed by atoms with van der Waals surface area (Å²) in [7, 11) is 1.76. The van der Waals surface area contributed by atoms with Crippen molar-refractivity contribution in [3.63, 3.8) is 0 Å². The Labute approximate surface area is 177 Å². The van der Waals surface area contributed by atoms with Crippen LogP contribution in [0.2, 0.25) is 0 Å². The lowest BCUT2D eigenvalue weighted by atomic mass is 9.70. The number of carbonyl (C=O) groups excluding carboxylic acids is 2. The number of Topliss-reactive ketones (excluding diaryl/α,β-unsaturated/α-hetero) is 1. The first-order valence-electron chi connectivity index (χ1n) is 9.95. The molecule has 2 aliphatic heterocycles. The molecule has 0 radical (unpaired) electrons. The van der Waals surface area contributed by atoms with E-state index in [4.69, 9.17) is 0 Å². The van der Waals surface area contributed by atoms with E-state index < -0.39 is 23.2 Å². The van der Waals surface area contributed by atoms with Crippen molar-refractivity contribution in [3.8, 4) is 0 Å². The zero-order chi connectivity index (χ0) is 21.8. The van der Waals surface area contributed by atoms with Gasteiger partial charge in [0.25, 0.3) is 0 Å². The van der Waals surface area contributed by atoms with Crippen molar-refractivity contribution in [3.05, 3.63) is 95.3 Å². The molecular formula is C24H19F2N3O2. The molecular weight excluding hydrogens is 400 g/mol. The van der Waals surface area contributed by atoms with Gasteiger partial charge in [-0.3, -0.25) is 19.5 Å². The predicted octanol–water partition coefficient (Wildman–Crippen LogP) is 3.74. The number of ketones is 1. The third kappa shape index (κ3) is 2.80. The maximum atomic E-state index is 14.3. The number of carbonyl (C=O) groups is 2. The van der Waals surface area contributed by atoms with Crippen LogP contribution in [-0.2, 0) is 10.3 Å². The molecule has 0 aliphatic carbocycles. The number of benzene rings is 2. The van der Waals surface area contributed by atoms with E-state index >= 15 is 0 Å². The Morgan fingerprint density at radius 1 is 1.13 bits per heavy atom. The van der Waals surface area contributed by atoms with Gasteiger partial charge in [-0.1, -0.05) is 12.1 Å². The Hall–Kier alpha value is -3.45. The number of halogens is 2. The summed E-state index contributed by atoms with van der Waals surface area (Å²) in [6, 6.07) is 13.4. The summed E-state index contributed by atoms with van der Waals surface area (Å²) in [5.74, 6) is -2.76. The van der Waals surface area contributed by atoms with Gasteiger partial charge < -0.3 is 5.32 Å². The van der Waals surface area contributed by atoms with E-state index in [2.05, 4.69) is 10.3 Å². The van der Waals surface area contributed by atoms with Gasteiger partial charge in [-0.05, 0) is 55.1 Å². The molecule has 0 saturated carbocycles. The summed E-state index contributed by atoms with van der Waals surface area (Å²) in [5.41, 5.74) is 0.648. The average molecular weight is 419 g/mol. The van der Waals surface area contributed by atoms with Crippen molar-refractivity contribution in [2.75, 3.05) is 18.9 Å². The Balaban J connectivity index is 1.74. The number of nitrogens with one attached hydrogen (secondary N) is 1. The van der Waals surface area contributed by atoms with Crippen LogP contribution in [0.25, 0.3) is 0 Å². The molecule has 1 spiro atoms. The number of amides is 1. The quantitative estimate of drug-likeness (QED) is 0.657. The van der Waals surface area contributed by atoms with Crippen LogP contribution < -0.4 is 5.32 Å². The van der Waals surface area contributed by atoms with Crippen LogP contribution in [0.5, 0.6) is 0 Å². The van der Waals surface area contributed by atoms with Crippen LogP contribution in [0, 0.1) is 17.6 Å². The van der Waals surface area contributed by atoms with E-state index in [1.54, 1.807) is 42.4 Å². The summed E-state index contributed by atoms with van der Waals surface area (Å²) in [6.07, 6.45) is 3.03. The Morgan fingerprint density at radius 3 is 2.58 bits per heavy atom. The highest BCUT2D eigenvalue weighted by Crippen LogP contribution is 2.55. The number of nitrogens with zero attached hydrogens (tertiary/aromatic N) is 2. The second kappa shape index (κ2) is 7.06. The molecule has 0 unspecified atom stereocenters. The second-order valence-corrected chi connectivity index (χ2v) is 8.03. The van der Waals surface area contributed by atoms with E-state index in [9.17, 15) is 18.4 Å². The van der Waals surface area contributed by atoms with Gasteiger partial charge in [0.05, 0.1) is 5.92 Å². The van der Waals surface area contributed by atoms with Crippen molar-refractivity contribution in [1.82, 2.24) is 9.88 Å². The van der Waals surface area contributed by atoms with E-state index in [1.165, 1.54) is 36.5 Å². The van der Waals surface area contributed by atoms with Crippen molar-refractivity contribution >= 4 is 17.4 Å². The largest absolute Gasteiger partial charge is 0.324 e. The smallest absolute Gasteiger partial charge is 0.250 e. The molecule has 1 fully saturated rings. The number of hydrogen-bond donors (Lipinski definition) is 1. The maximum absolute atomic E-state index is 14.3. The molecule has 3 aromatic rings. The molecule has 1 N–H and O–H groups in total. The van der Waals surface area contributed by atoms with E-state index in [0.29, 0.717) is 23.4 Å². The number of rotatable bonds is 3. The van der Waals surface area contributed by atoms with Gasteiger partial charge in [-0.15, -0.1) is 0 Å². The third-order valence-electron chi connectivity index (χ3n) is 6.44. The molecule has 0 bridgehead atoms. The molecule has 3 heterocycles. The van der Waals surface area contributed by atoms with E-state index in [0.717, 1.165) is 5.56 Å². The SMILES string of the molecule is CN1C[C@H](c2ccc(F)cc2)[C@@H](C(=O)c2cccnc2)[C@@]12C(=O)Nc1ccc(F)cc12. The van der Waals surface area contributed by atoms with Crippen molar-refractivity contribution in [1.29, 1.82) is 0 Å².